The van der Waals surface area contributed by atoms with E-state index in [1.807, 2.05) is 38.4 Å². The number of carbonyl (C=O) groups is 2. The molecular formula is C19H22BrN3O2. The first kappa shape index (κ1) is 19.1. The monoisotopic (exact) mass is 403 g/mol. The highest BCUT2D eigenvalue weighted by molar-refractivity contribution is 9.10. The Balaban J connectivity index is 1.85. The van der Waals surface area contributed by atoms with Crippen LogP contribution >= 0.6 is 15.9 Å². The fraction of sp³-hybridized carbons (Fsp3) is 0.263. The number of hydrogen-bond donors (Lipinski definition) is 2. The summed E-state index contributed by atoms with van der Waals surface area (Å²) in [4.78, 5) is 26.2. The molecule has 0 aliphatic carbocycles. The van der Waals surface area contributed by atoms with Gasteiger partial charge in [0.2, 0.25) is 5.91 Å². The quantitative estimate of drug-likeness (QED) is 0.746. The maximum atomic E-state index is 12.1. The van der Waals surface area contributed by atoms with Crippen molar-refractivity contribution in [1.82, 2.24) is 15.5 Å². The minimum absolute atomic E-state index is 0.0595. The predicted molar refractivity (Wildman–Crippen MR) is 102 cm³/mol. The van der Waals surface area contributed by atoms with Gasteiger partial charge in [-0.15, -0.1) is 0 Å². The summed E-state index contributed by atoms with van der Waals surface area (Å²) in [6, 6.07) is 15.1. The molecule has 2 rings (SSSR count). The van der Waals surface area contributed by atoms with Gasteiger partial charge in [-0.1, -0.05) is 36.4 Å². The molecule has 0 aliphatic rings. The standard InChI is InChI=1S/C19H22BrN3O2/c1-23(2)13-15-8-4-3-7-14(15)11-21-18(24)12-22-19(25)16-9-5-6-10-17(16)20/h3-10H,11-13H2,1-2H3,(H,21,24)(H,22,25). The van der Waals surface area contributed by atoms with Crippen molar-refractivity contribution in [2.24, 2.45) is 0 Å². The number of rotatable bonds is 7. The number of carbonyl (C=O) groups excluding carboxylic acids is 2. The molecule has 0 fully saturated rings. The first-order valence-corrected chi connectivity index (χ1v) is 8.77. The Morgan fingerprint density at radius 1 is 0.960 bits per heavy atom. The van der Waals surface area contributed by atoms with Gasteiger partial charge in [0, 0.05) is 17.6 Å². The molecule has 0 aliphatic heterocycles. The van der Waals surface area contributed by atoms with Crippen LogP contribution in [0.25, 0.3) is 0 Å². The van der Waals surface area contributed by atoms with Crippen molar-refractivity contribution < 1.29 is 9.59 Å². The van der Waals surface area contributed by atoms with Gasteiger partial charge in [-0.2, -0.15) is 0 Å². The van der Waals surface area contributed by atoms with Crippen LogP contribution in [0, 0.1) is 0 Å². The Kier molecular flexibility index (Phi) is 7.16. The third kappa shape index (κ3) is 5.99. The Bertz CT molecular complexity index is 747. The largest absolute Gasteiger partial charge is 0.350 e. The van der Waals surface area contributed by atoms with E-state index in [1.54, 1.807) is 18.2 Å². The van der Waals surface area contributed by atoms with E-state index >= 15 is 0 Å². The molecule has 0 saturated heterocycles. The lowest BCUT2D eigenvalue weighted by Gasteiger charge is -2.15. The van der Waals surface area contributed by atoms with Crippen molar-refractivity contribution >= 4 is 27.7 Å². The summed E-state index contributed by atoms with van der Waals surface area (Å²) < 4.78 is 0.700. The van der Waals surface area contributed by atoms with E-state index in [1.165, 1.54) is 5.56 Å². The van der Waals surface area contributed by atoms with Crippen molar-refractivity contribution in [3.05, 3.63) is 69.7 Å². The number of halogens is 1. The molecule has 0 aromatic heterocycles. The van der Waals surface area contributed by atoms with Gasteiger partial charge in [-0.25, -0.2) is 0 Å². The summed E-state index contributed by atoms with van der Waals surface area (Å²) in [6.07, 6.45) is 0. The minimum atomic E-state index is -0.282. The van der Waals surface area contributed by atoms with Crippen LogP contribution in [-0.4, -0.2) is 37.4 Å². The van der Waals surface area contributed by atoms with E-state index in [4.69, 9.17) is 0 Å². The molecule has 2 amide bonds. The van der Waals surface area contributed by atoms with Crippen molar-refractivity contribution in [3.63, 3.8) is 0 Å². The van der Waals surface area contributed by atoms with E-state index in [-0.39, 0.29) is 18.4 Å². The van der Waals surface area contributed by atoms with Crippen molar-refractivity contribution in [2.45, 2.75) is 13.1 Å². The van der Waals surface area contributed by atoms with Crippen molar-refractivity contribution in [2.75, 3.05) is 20.6 Å². The number of hydrogen-bond acceptors (Lipinski definition) is 3. The topological polar surface area (TPSA) is 61.4 Å². The van der Waals surface area contributed by atoms with E-state index in [9.17, 15) is 9.59 Å². The third-order valence-electron chi connectivity index (χ3n) is 3.61. The molecular weight excluding hydrogens is 382 g/mol. The normalized spacial score (nSPS) is 10.6. The van der Waals surface area contributed by atoms with Gasteiger partial charge in [0.1, 0.15) is 0 Å². The smallest absolute Gasteiger partial charge is 0.252 e. The molecule has 0 bridgehead atoms. The van der Waals surface area contributed by atoms with Crippen LogP contribution < -0.4 is 10.6 Å². The second-order valence-corrected chi connectivity index (χ2v) is 6.80. The third-order valence-corrected chi connectivity index (χ3v) is 4.30. The molecule has 132 valence electrons. The summed E-state index contributed by atoms with van der Waals surface area (Å²) in [5.41, 5.74) is 2.75. The molecule has 2 aromatic rings. The summed E-state index contributed by atoms with van der Waals surface area (Å²) in [6.45, 7) is 1.19. The van der Waals surface area contributed by atoms with Crippen LogP contribution in [0.5, 0.6) is 0 Å². The van der Waals surface area contributed by atoms with E-state index < -0.39 is 0 Å². The molecule has 0 heterocycles. The molecule has 0 unspecified atom stereocenters. The van der Waals surface area contributed by atoms with Gasteiger partial charge in [0.05, 0.1) is 12.1 Å². The number of nitrogens with one attached hydrogen (secondary N) is 2. The second kappa shape index (κ2) is 9.34. The number of benzene rings is 2. The SMILES string of the molecule is CN(C)Cc1ccccc1CNC(=O)CNC(=O)c1ccccc1Br. The Labute approximate surface area is 156 Å². The van der Waals surface area contributed by atoms with Crippen LogP contribution in [0.2, 0.25) is 0 Å². The Morgan fingerprint density at radius 2 is 1.60 bits per heavy atom. The summed E-state index contributed by atoms with van der Waals surface area (Å²) in [5, 5.41) is 5.48. The minimum Gasteiger partial charge on any atom is -0.350 e. The zero-order chi connectivity index (χ0) is 18.2. The highest BCUT2D eigenvalue weighted by Crippen LogP contribution is 2.15. The molecule has 0 atom stereocenters. The first-order valence-electron chi connectivity index (χ1n) is 7.98. The fourth-order valence-corrected chi connectivity index (χ4v) is 2.85. The summed E-state index contributed by atoms with van der Waals surface area (Å²) in [5.74, 6) is -0.504. The van der Waals surface area contributed by atoms with Gasteiger partial charge in [0.25, 0.3) is 5.91 Å². The molecule has 6 heteroatoms. The summed E-state index contributed by atoms with van der Waals surface area (Å²) >= 11 is 3.33. The lowest BCUT2D eigenvalue weighted by Crippen LogP contribution is -2.36. The van der Waals surface area contributed by atoms with Crippen molar-refractivity contribution in [3.8, 4) is 0 Å². The maximum Gasteiger partial charge on any atom is 0.252 e. The average molecular weight is 404 g/mol. The Hall–Kier alpha value is -2.18. The zero-order valence-electron chi connectivity index (χ0n) is 14.4. The maximum absolute atomic E-state index is 12.1. The molecule has 5 nitrogen and oxygen atoms in total. The Morgan fingerprint density at radius 3 is 2.28 bits per heavy atom. The van der Waals surface area contributed by atoms with Gasteiger partial charge in [-0.05, 0) is 53.3 Å². The molecule has 0 radical (unpaired) electrons. The van der Waals surface area contributed by atoms with Crippen LogP contribution in [-0.2, 0) is 17.9 Å². The fourth-order valence-electron chi connectivity index (χ4n) is 2.38. The summed E-state index contributed by atoms with van der Waals surface area (Å²) in [7, 11) is 4.01. The molecule has 2 N–H and O–H groups in total. The number of amides is 2. The lowest BCUT2D eigenvalue weighted by molar-refractivity contribution is -0.120. The lowest BCUT2D eigenvalue weighted by atomic mass is 10.1. The van der Waals surface area contributed by atoms with Gasteiger partial charge < -0.3 is 15.5 Å². The van der Waals surface area contributed by atoms with E-state index in [0.717, 1.165) is 12.1 Å². The van der Waals surface area contributed by atoms with E-state index in [2.05, 4.69) is 37.5 Å². The van der Waals surface area contributed by atoms with Gasteiger partial charge in [-0.3, -0.25) is 9.59 Å². The van der Waals surface area contributed by atoms with Crippen LogP contribution in [0.1, 0.15) is 21.5 Å². The molecule has 0 saturated carbocycles. The number of nitrogens with zero attached hydrogens (tertiary/aromatic N) is 1. The highest BCUT2D eigenvalue weighted by atomic mass is 79.9. The zero-order valence-corrected chi connectivity index (χ0v) is 16.0. The van der Waals surface area contributed by atoms with Crippen LogP contribution in [0.15, 0.2) is 53.0 Å². The molecule has 25 heavy (non-hydrogen) atoms. The second-order valence-electron chi connectivity index (χ2n) is 5.95. The molecule has 0 spiro atoms. The first-order chi connectivity index (χ1) is 12.0. The van der Waals surface area contributed by atoms with Crippen molar-refractivity contribution in [1.29, 1.82) is 0 Å². The highest BCUT2D eigenvalue weighted by Gasteiger charge is 2.11. The van der Waals surface area contributed by atoms with Crippen LogP contribution in [0.4, 0.5) is 0 Å². The van der Waals surface area contributed by atoms with Gasteiger partial charge >= 0.3 is 0 Å². The van der Waals surface area contributed by atoms with E-state index in [0.29, 0.717) is 16.6 Å². The van der Waals surface area contributed by atoms with Crippen LogP contribution in [0.3, 0.4) is 0 Å². The average Bonchev–Trinajstić information content (AvgIpc) is 2.59. The molecule has 2 aromatic carbocycles. The van der Waals surface area contributed by atoms with Gasteiger partial charge in [0.15, 0.2) is 0 Å². The predicted octanol–water partition coefficient (Wildman–Crippen LogP) is 2.56.